The molecule has 2 aromatic rings. The van der Waals surface area contributed by atoms with E-state index in [4.69, 9.17) is 5.73 Å². The third-order valence-corrected chi connectivity index (χ3v) is 2.51. The first kappa shape index (κ1) is 10.8. The first-order valence-corrected chi connectivity index (χ1v) is 5.42. The van der Waals surface area contributed by atoms with Gasteiger partial charge in [0, 0.05) is 18.9 Å². The minimum absolute atomic E-state index is 0.424. The van der Waals surface area contributed by atoms with Gasteiger partial charge in [-0.05, 0) is 24.1 Å². The van der Waals surface area contributed by atoms with Crippen LogP contribution in [0.15, 0.2) is 30.6 Å². The van der Waals surface area contributed by atoms with E-state index in [1.54, 1.807) is 6.20 Å². The lowest BCUT2D eigenvalue weighted by atomic mass is 10.1. The Kier molecular flexibility index (Phi) is 3.01. The zero-order valence-corrected chi connectivity index (χ0v) is 9.59. The van der Waals surface area contributed by atoms with E-state index in [2.05, 4.69) is 23.9 Å². The molecule has 4 nitrogen and oxygen atoms in total. The summed E-state index contributed by atoms with van der Waals surface area (Å²) in [4.78, 5) is 4.24. The summed E-state index contributed by atoms with van der Waals surface area (Å²) in [7, 11) is 0. The number of nitrogens with zero attached hydrogens (tertiary/aromatic N) is 3. The predicted octanol–water partition coefficient (Wildman–Crippen LogP) is 1.85. The van der Waals surface area contributed by atoms with Crippen LogP contribution in [0.3, 0.4) is 0 Å². The average molecular weight is 216 g/mol. The van der Waals surface area contributed by atoms with Crippen LogP contribution in [-0.4, -0.2) is 14.8 Å². The monoisotopic (exact) mass is 216 g/mol. The van der Waals surface area contributed by atoms with Gasteiger partial charge in [0.15, 0.2) is 0 Å². The van der Waals surface area contributed by atoms with Crippen LogP contribution in [0.4, 0.5) is 0 Å². The number of hydrogen-bond donors (Lipinski definition) is 1. The summed E-state index contributed by atoms with van der Waals surface area (Å²) in [6, 6.07) is 5.90. The topological polar surface area (TPSA) is 56.7 Å². The Morgan fingerprint density at radius 2 is 2.19 bits per heavy atom. The third-order valence-electron chi connectivity index (χ3n) is 2.51. The van der Waals surface area contributed by atoms with Crippen molar-refractivity contribution in [3.8, 4) is 5.69 Å². The van der Waals surface area contributed by atoms with Gasteiger partial charge in [0.2, 0.25) is 0 Å². The van der Waals surface area contributed by atoms with Gasteiger partial charge in [0.05, 0.1) is 17.1 Å². The summed E-state index contributed by atoms with van der Waals surface area (Å²) in [5.41, 5.74) is 8.54. The number of rotatable bonds is 3. The highest BCUT2D eigenvalue weighted by atomic mass is 15.3. The first-order valence-electron chi connectivity index (χ1n) is 5.42. The summed E-state index contributed by atoms with van der Waals surface area (Å²) in [5.74, 6) is 0.430. The second-order valence-corrected chi connectivity index (χ2v) is 4.01. The summed E-state index contributed by atoms with van der Waals surface area (Å²) < 4.78 is 1.84. The molecule has 4 heteroatoms. The summed E-state index contributed by atoms with van der Waals surface area (Å²) in [6.45, 7) is 4.67. The van der Waals surface area contributed by atoms with E-state index < -0.39 is 0 Å². The maximum absolute atomic E-state index is 5.65. The molecule has 2 N–H and O–H groups in total. The standard InChI is InChI=1S/C12H16N4/c1-9(2)10-5-7-16(15-10)12-4-3-6-14-11(12)8-13/h3-7,9H,8,13H2,1-2H3. The van der Waals surface area contributed by atoms with E-state index in [0.29, 0.717) is 12.5 Å². The second-order valence-electron chi connectivity index (χ2n) is 4.01. The molecule has 0 saturated carbocycles. The lowest BCUT2D eigenvalue weighted by molar-refractivity contribution is 0.759. The fourth-order valence-corrected chi connectivity index (χ4v) is 1.58. The van der Waals surface area contributed by atoms with Crippen LogP contribution in [0.1, 0.15) is 31.2 Å². The molecule has 0 bridgehead atoms. The van der Waals surface area contributed by atoms with E-state index in [1.807, 2.05) is 29.1 Å². The minimum atomic E-state index is 0.424. The quantitative estimate of drug-likeness (QED) is 0.851. The summed E-state index contributed by atoms with van der Waals surface area (Å²) in [5, 5.41) is 4.51. The lowest BCUT2D eigenvalue weighted by Crippen LogP contribution is -2.07. The van der Waals surface area contributed by atoms with Gasteiger partial charge in [-0.1, -0.05) is 13.8 Å². The number of hydrogen-bond acceptors (Lipinski definition) is 3. The van der Waals surface area contributed by atoms with Crippen molar-refractivity contribution >= 4 is 0 Å². The Hall–Kier alpha value is -1.68. The van der Waals surface area contributed by atoms with Gasteiger partial charge in [-0.25, -0.2) is 4.68 Å². The van der Waals surface area contributed by atoms with Gasteiger partial charge in [-0.15, -0.1) is 0 Å². The van der Waals surface area contributed by atoms with Crippen molar-refractivity contribution in [1.29, 1.82) is 0 Å². The lowest BCUT2D eigenvalue weighted by Gasteiger charge is -2.06. The van der Waals surface area contributed by atoms with Crippen molar-refractivity contribution in [2.24, 2.45) is 5.73 Å². The molecule has 0 saturated heterocycles. The van der Waals surface area contributed by atoms with Crippen molar-refractivity contribution in [3.63, 3.8) is 0 Å². The molecule has 0 amide bonds. The molecule has 0 aliphatic rings. The van der Waals surface area contributed by atoms with Crippen molar-refractivity contribution in [3.05, 3.63) is 42.0 Å². The van der Waals surface area contributed by atoms with Crippen LogP contribution in [-0.2, 0) is 6.54 Å². The molecule has 84 valence electrons. The smallest absolute Gasteiger partial charge is 0.0874 e. The van der Waals surface area contributed by atoms with Crippen molar-refractivity contribution in [2.45, 2.75) is 26.3 Å². The highest BCUT2D eigenvalue weighted by Crippen LogP contribution is 2.15. The van der Waals surface area contributed by atoms with E-state index in [-0.39, 0.29) is 0 Å². The molecule has 16 heavy (non-hydrogen) atoms. The molecule has 2 rings (SSSR count). The summed E-state index contributed by atoms with van der Waals surface area (Å²) >= 11 is 0. The zero-order chi connectivity index (χ0) is 11.5. The SMILES string of the molecule is CC(C)c1ccn(-c2cccnc2CN)n1. The van der Waals surface area contributed by atoms with Crippen LogP contribution in [0.2, 0.25) is 0 Å². The van der Waals surface area contributed by atoms with Gasteiger partial charge in [-0.3, -0.25) is 4.98 Å². The van der Waals surface area contributed by atoms with E-state index >= 15 is 0 Å². The van der Waals surface area contributed by atoms with Gasteiger partial charge in [0.25, 0.3) is 0 Å². The molecule has 0 atom stereocenters. The van der Waals surface area contributed by atoms with Crippen LogP contribution in [0.5, 0.6) is 0 Å². The van der Waals surface area contributed by atoms with Crippen molar-refractivity contribution in [2.75, 3.05) is 0 Å². The number of aromatic nitrogens is 3. The molecule has 0 spiro atoms. The molecular formula is C12H16N4. The van der Waals surface area contributed by atoms with E-state index in [1.165, 1.54) is 0 Å². The van der Waals surface area contributed by atoms with Gasteiger partial charge >= 0.3 is 0 Å². The highest BCUT2D eigenvalue weighted by Gasteiger charge is 2.07. The molecule has 2 aromatic heterocycles. The van der Waals surface area contributed by atoms with E-state index in [9.17, 15) is 0 Å². The second kappa shape index (κ2) is 4.45. The molecule has 0 radical (unpaired) electrons. The molecule has 0 fully saturated rings. The van der Waals surface area contributed by atoms with Crippen LogP contribution in [0, 0.1) is 0 Å². The molecule has 0 aromatic carbocycles. The van der Waals surface area contributed by atoms with Crippen LogP contribution >= 0.6 is 0 Å². The maximum Gasteiger partial charge on any atom is 0.0874 e. The maximum atomic E-state index is 5.65. The largest absolute Gasteiger partial charge is 0.325 e. The third kappa shape index (κ3) is 1.97. The van der Waals surface area contributed by atoms with Crippen molar-refractivity contribution in [1.82, 2.24) is 14.8 Å². The van der Waals surface area contributed by atoms with Gasteiger partial charge in [-0.2, -0.15) is 5.10 Å². The van der Waals surface area contributed by atoms with Gasteiger partial charge < -0.3 is 5.73 Å². The molecule has 0 aliphatic heterocycles. The number of nitrogens with two attached hydrogens (primary N) is 1. The molecule has 0 unspecified atom stereocenters. The average Bonchev–Trinajstić information content (AvgIpc) is 2.78. The number of pyridine rings is 1. The van der Waals surface area contributed by atoms with E-state index in [0.717, 1.165) is 17.1 Å². The zero-order valence-electron chi connectivity index (χ0n) is 9.59. The van der Waals surface area contributed by atoms with Crippen LogP contribution in [0.25, 0.3) is 5.69 Å². The highest BCUT2D eigenvalue weighted by molar-refractivity contribution is 5.35. The predicted molar refractivity (Wildman–Crippen MR) is 63.3 cm³/mol. The Balaban J connectivity index is 2.42. The Morgan fingerprint density at radius 1 is 1.38 bits per heavy atom. The Labute approximate surface area is 95.1 Å². The minimum Gasteiger partial charge on any atom is -0.325 e. The summed E-state index contributed by atoms with van der Waals surface area (Å²) in [6.07, 6.45) is 3.70. The normalized spacial score (nSPS) is 11.0. The molecule has 2 heterocycles. The fraction of sp³-hybridized carbons (Fsp3) is 0.333. The first-order chi connectivity index (χ1) is 7.72. The Morgan fingerprint density at radius 3 is 2.81 bits per heavy atom. The van der Waals surface area contributed by atoms with Crippen LogP contribution < -0.4 is 5.73 Å². The molecule has 0 aliphatic carbocycles. The Bertz CT molecular complexity index is 473. The van der Waals surface area contributed by atoms with Crippen molar-refractivity contribution < 1.29 is 0 Å². The fourth-order valence-electron chi connectivity index (χ4n) is 1.58. The molecular weight excluding hydrogens is 200 g/mol. The van der Waals surface area contributed by atoms with Gasteiger partial charge in [0.1, 0.15) is 0 Å².